The number of carbonyl (C=O) groups is 1. The molecule has 1 aliphatic rings. The van der Waals surface area contributed by atoms with Crippen LogP contribution < -0.4 is 25.2 Å². The number of benzene rings is 1. The highest BCUT2D eigenvalue weighted by Gasteiger charge is 2.21. The first-order chi connectivity index (χ1) is 14.0. The molecule has 0 bridgehead atoms. The van der Waals surface area contributed by atoms with Crippen molar-refractivity contribution >= 4 is 17.5 Å². The van der Waals surface area contributed by atoms with Gasteiger partial charge in [-0.25, -0.2) is 4.98 Å². The van der Waals surface area contributed by atoms with Crippen LogP contribution in [0.1, 0.15) is 18.5 Å². The summed E-state index contributed by atoms with van der Waals surface area (Å²) in [5, 5.41) is 2.79. The molecule has 0 unspecified atom stereocenters. The Balaban J connectivity index is 1.85. The summed E-state index contributed by atoms with van der Waals surface area (Å²) in [6.45, 7) is 1.70. The van der Waals surface area contributed by atoms with Gasteiger partial charge in [0.1, 0.15) is 18.0 Å². The van der Waals surface area contributed by atoms with Gasteiger partial charge >= 0.3 is 0 Å². The molecule has 9 heteroatoms. The van der Waals surface area contributed by atoms with Crippen molar-refractivity contribution in [2.45, 2.75) is 26.0 Å². The molecule has 0 aliphatic carbocycles. The Morgan fingerprint density at radius 2 is 1.72 bits per heavy atom. The first-order valence-electron chi connectivity index (χ1n) is 9.41. The molecule has 3 rings (SSSR count). The van der Waals surface area contributed by atoms with Crippen molar-refractivity contribution in [3.8, 4) is 11.5 Å². The summed E-state index contributed by atoms with van der Waals surface area (Å²) in [7, 11) is 4.63. The third kappa shape index (κ3) is 5.05. The molecule has 1 aromatic carbocycles. The van der Waals surface area contributed by atoms with Crippen LogP contribution in [0, 0.1) is 0 Å². The monoisotopic (exact) mass is 402 g/mol. The van der Waals surface area contributed by atoms with Gasteiger partial charge in [-0.15, -0.1) is 0 Å². The van der Waals surface area contributed by atoms with E-state index in [-0.39, 0.29) is 24.6 Å². The maximum Gasteiger partial charge on any atom is 0.255 e. The lowest BCUT2D eigenvalue weighted by Gasteiger charge is -2.21. The smallest absolute Gasteiger partial charge is 0.255 e. The number of hydrogen-bond donors (Lipinski definition) is 1. The summed E-state index contributed by atoms with van der Waals surface area (Å²) in [5.41, 5.74) is 0.784. The zero-order chi connectivity index (χ0) is 20.8. The van der Waals surface area contributed by atoms with Crippen molar-refractivity contribution in [2.24, 2.45) is 0 Å². The Morgan fingerprint density at radius 3 is 2.31 bits per heavy atom. The maximum atomic E-state index is 12.7. The van der Waals surface area contributed by atoms with Crippen LogP contribution >= 0.6 is 0 Å². The lowest BCUT2D eigenvalue weighted by molar-refractivity contribution is -0.116. The summed E-state index contributed by atoms with van der Waals surface area (Å²) in [4.78, 5) is 32.0. The zero-order valence-electron chi connectivity index (χ0n) is 16.9. The van der Waals surface area contributed by atoms with Crippen LogP contribution in [0.5, 0.6) is 11.5 Å². The Hall–Kier alpha value is -3.07. The van der Waals surface area contributed by atoms with Crippen molar-refractivity contribution in [1.29, 1.82) is 0 Å². The molecular formula is C20H26N4O5. The minimum atomic E-state index is -0.343. The average Bonchev–Trinajstić information content (AvgIpc) is 3.24. The van der Waals surface area contributed by atoms with Crippen LogP contribution in [0.3, 0.4) is 0 Å². The minimum absolute atomic E-state index is 0.148. The van der Waals surface area contributed by atoms with E-state index in [1.165, 1.54) is 24.9 Å². The number of methoxy groups -OCH3 is 3. The largest absolute Gasteiger partial charge is 0.497 e. The summed E-state index contributed by atoms with van der Waals surface area (Å²) in [6, 6.07) is 6.49. The number of aromatic nitrogens is 2. The van der Waals surface area contributed by atoms with Crippen LogP contribution in [0.2, 0.25) is 0 Å². The molecule has 0 atom stereocenters. The fourth-order valence-corrected chi connectivity index (χ4v) is 3.29. The van der Waals surface area contributed by atoms with Crippen molar-refractivity contribution in [2.75, 3.05) is 44.6 Å². The van der Waals surface area contributed by atoms with Gasteiger partial charge in [-0.05, 0) is 12.8 Å². The van der Waals surface area contributed by atoms with Crippen molar-refractivity contribution in [3.63, 3.8) is 0 Å². The van der Waals surface area contributed by atoms with E-state index < -0.39 is 0 Å². The standard InChI is InChI=1S/C20H26N4O5/c1-27-13-15-10-19(26)24(20(22-15)23-6-4-5-7-23)12-18(25)21-14-8-16(28-2)11-17(9-14)29-3/h8-11H,4-7,12-13H2,1-3H3,(H,21,25). The van der Waals surface area contributed by atoms with E-state index in [1.54, 1.807) is 25.3 Å². The van der Waals surface area contributed by atoms with E-state index in [0.29, 0.717) is 28.8 Å². The number of rotatable bonds is 8. The van der Waals surface area contributed by atoms with Gasteiger partial charge in [-0.3, -0.25) is 14.2 Å². The molecular weight excluding hydrogens is 376 g/mol. The number of amides is 1. The van der Waals surface area contributed by atoms with Gasteiger partial charge in [0, 0.05) is 50.2 Å². The molecule has 156 valence electrons. The SMILES string of the molecule is COCc1cc(=O)n(CC(=O)Nc2cc(OC)cc(OC)c2)c(N2CCCC2)n1. The lowest BCUT2D eigenvalue weighted by atomic mass is 10.2. The van der Waals surface area contributed by atoms with Crippen LogP contribution in [-0.4, -0.2) is 49.9 Å². The quantitative estimate of drug-likeness (QED) is 0.717. The van der Waals surface area contributed by atoms with Gasteiger partial charge in [0.05, 0.1) is 26.5 Å². The lowest BCUT2D eigenvalue weighted by Crippen LogP contribution is -2.35. The molecule has 0 spiro atoms. The summed E-state index contributed by atoms with van der Waals surface area (Å²) in [6.07, 6.45) is 2.06. The second-order valence-corrected chi connectivity index (χ2v) is 6.75. The molecule has 1 fully saturated rings. The zero-order valence-corrected chi connectivity index (χ0v) is 16.9. The minimum Gasteiger partial charge on any atom is -0.497 e. The predicted molar refractivity (Wildman–Crippen MR) is 109 cm³/mol. The van der Waals surface area contributed by atoms with Gasteiger partial charge in [-0.1, -0.05) is 0 Å². The highest BCUT2D eigenvalue weighted by Crippen LogP contribution is 2.26. The van der Waals surface area contributed by atoms with Crippen LogP contribution in [-0.2, 0) is 22.7 Å². The van der Waals surface area contributed by atoms with Crippen LogP contribution in [0.4, 0.5) is 11.6 Å². The second kappa shape index (κ2) is 9.42. The number of anilines is 2. The Kier molecular flexibility index (Phi) is 6.71. The molecule has 1 N–H and O–H groups in total. The molecule has 1 aromatic heterocycles. The van der Waals surface area contributed by atoms with Crippen LogP contribution in [0.15, 0.2) is 29.1 Å². The maximum absolute atomic E-state index is 12.7. The first-order valence-corrected chi connectivity index (χ1v) is 9.41. The normalized spacial score (nSPS) is 13.4. The van der Waals surface area contributed by atoms with E-state index in [4.69, 9.17) is 14.2 Å². The second-order valence-electron chi connectivity index (χ2n) is 6.75. The first kappa shape index (κ1) is 20.7. The molecule has 1 amide bonds. The van der Waals surface area contributed by atoms with E-state index in [0.717, 1.165) is 25.9 Å². The number of ether oxygens (including phenoxy) is 3. The molecule has 9 nitrogen and oxygen atoms in total. The number of nitrogens with one attached hydrogen (secondary N) is 1. The molecule has 0 saturated carbocycles. The fraction of sp³-hybridized carbons (Fsp3) is 0.450. The molecule has 0 radical (unpaired) electrons. The van der Waals surface area contributed by atoms with Gasteiger partial charge < -0.3 is 24.4 Å². The van der Waals surface area contributed by atoms with Crippen molar-refractivity contribution in [1.82, 2.24) is 9.55 Å². The highest BCUT2D eigenvalue weighted by molar-refractivity contribution is 5.91. The number of nitrogens with zero attached hydrogens (tertiary/aromatic N) is 3. The molecule has 1 aliphatic heterocycles. The molecule has 2 aromatic rings. The average molecular weight is 402 g/mol. The van der Waals surface area contributed by atoms with E-state index >= 15 is 0 Å². The fourth-order valence-electron chi connectivity index (χ4n) is 3.29. The van der Waals surface area contributed by atoms with E-state index in [1.807, 2.05) is 4.90 Å². The Morgan fingerprint density at radius 1 is 1.07 bits per heavy atom. The Labute approximate surface area is 169 Å². The third-order valence-corrected chi connectivity index (χ3v) is 4.66. The summed E-state index contributed by atoms with van der Waals surface area (Å²) in [5.74, 6) is 1.27. The van der Waals surface area contributed by atoms with Crippen LogP contribution in [0.25, 0.3) is 0 Å². The van der Waals surface area contributed by atoms with Gasteiger partial charge in [-0.2, -0.15) is 0 Å². The van der Waals surface area contributed by atoms with Gasteiger partial charge in [0.25, 0.3) is 5.56 Å². The molecule has 29 heavy (non-hydrogen) atoms. The molecule has 2 heterocycles. The third-order valence-electron chi connectivity index (χ3n) is 4.66. The number of hydrogen-bond acceptors (Lipinski definition) is 7. The number of carbonyl (C=O) groups excluding carboxylic acids is 1. The summed E-state index contributed by atoms with van der Waals surface area (Å²) >= 11 is 0. The summed E-state index contributed by atoms with van der Waals surface area (Å²) < 4.78 is 17.0. The topological polar surface area (TPSA) is 94.9 Å². The van der Waals surface area contributed by atoms with Gasteiger partial charge in [0.2, 0.25) is 11.9 Å². The van der Waals surface area contributed by atoms with Crippen molar-refractivity contribution < 1.29 is 19.0 Å². The van der Waals surface area contributed by atoms with Crippen molar-refractivity contribution in [3.05, 3.63) is 40.3 Å². The predicted octanol–water partition coefficient (Wildman–Crippen LogP) is 1.65. The van der Waals surface area contributed by atoms with E-state index in [9.17, 15) is 9.59 Å². The Bertz CT molecular complexity index is 899. The molecule has 1 saturated heterocycles. The van der Waals surface area contributed by atoms with Gasteiger partial charge in [0.15, 0.2) is 0 Å². The van der Waals surface area contributed by atoms with E-state index in [2.05, 4.69) is 10.3 Å². The highest BCUT2D eigenvalue weighted by atomic mass is 16.5.